The minimum atomic E-state index is -4.00. The van der Waals surface area contributed by atoms with Gasteiger partial charge in [-0.15, -0.1) is 3.89 Å². The van der Waals surface area contributed by atoms with Gasteiger partial charge in [0.1, 0.15) is 18.3 Å². The molecule has 206 valence electrons. The van der Waals surface area contributed by atoms with Crippen molar-refractivity contribution in [3.8, 4) is 0 Å². The van der Waals surface area contributed by atoms with Gasteiger partial charge in [-0.05, 0) is 48.0 Å². The number of rotatable bonds is 6. The predicted molar refractivity (Wildman–Crippen MR) is 141 cm³/mol. The summed E-state index contributed by atoms with van der Waals surface area (Å²) in [5.74, 6) is 0.407. The van der Waals surface area contributed by atoms with Crippen molar-refractivity contribution in [2.45, 2.75) is 98.2 Å². The molecule has 2 heterocycles. The van der Waals surface area contributed by atoms with Crippen molar-refractivity contribution in [3.63, 3.8) is 0 Å². The highest BCUT2D eigenvalue weighted by atomic mass is 32.2. The fraction of sp³-hybridized carbons (Fsp3) is 0.759. The first kappa shape index (κ1) is 27.1. The molecule has 1 aromatic rings. The number of nitrogens with zero attached hydrogens (tertiary/aromatic N) is 1. The molecule has 1 N–H and O–H groups in total. The van der Waals surface area contributed by atoms with Gasteiger partial charge in [0.2, 0.25) is 0 Å². The van der Waals surface area contributed by atoms with Crippen molar-refractivity contribution in [1.29, 1.82) is 0 Å². The molecule has 8 atom stereocenters. The van der Waals surface area contributed by atoms with Gasteiger partial charge >= 0.3 is 16.1 Å². The number of sulfonamides is 1. The van der Waals surface area contributed by atoms with Crippen molar-refractivity contribution in [2.75, 3.05) is 12.3 Å². The maximum Gasteiger partial charge on any atom is 0.529 e. The molecular weight excluding hydrogens is 490 g/mol. The van der Waals surface area contributed by atoms with E-state index in [1.54, 1.807) is 6.92 Å². The Bertz CT molecular complexity index is 1140. The van der Waals surface area contributed by atoms with Crippen LogP contribution < -0.4 is 0 Å². The zero-order chi connectivity index (χ0) is 27.0. The number of hydrogen-bond acceptors (Lipinski definition) is 5. The normalized spacial score (nSPS) is 39.6. The van der Waals surface area contributed by atoms with Crippen molar-refractivity contribution in [3.05, 3.63) is 35.9 Å². The van der Waals surface area contributed by atoms with Crippen molar-refractivity contribution >= 4 is 16.1 Å². The van der Waals surface area contributed by atoms with Crippen LogP contribution in [0, 0.1) is 28.1 Å². The van der Waals surface area contributed by atoms with Gasteiger partial charge in [-0.2, -0.15) is 13.2 Å². The molecule has 8 heteroatoms. The lowest BCUT2D eigenvalue weighted by Gasteiger charge is -2.43. The van der Waals surface area contributed by atoms with Crippen LogP contribution in [-0.2, 0) is 19.5 Å². The third-order valence-corrected chi connectivity index (χ3v) is 13.2. The largest absolute Gasteiger partial charge is 0.529 e. The van der Waals surface area contributed by atoms with Crippen LogP contribution in [0.3, 0.4) is 0 Å². The minimum Gasteiger partial charge on any atom is -0.435 e. The molecule has 0 spiro atoms. The fourth-order valence-electron chi connectivity index (χ4n) is 8.60. The molecule has 2 bridgehead atoms. The topological polar surface area (TPSA) is 89.9 Å². The number of likely N-dealkylation sites (tertiary alicyclic amines) is 1. The Balaban J connectivity index is 1.45. The average molecular weight is 535 g/mol. The summed E-state index contributed by atoms with van der Waals surface area (Å²) in [7, 11) is -4.00. The van der Waals surface area contributed by atoms with Gasteiger partial charge in [-0.25, -0.2) is 0 Å². The summed E-state index contributed by atoms with van der Waals surface area (Å²) < 4.78 is 40.7. The van der Waals surface area contributed by atoms with Crippen LogP contribution in [0.1, 0.15) is 85.3 Å². The van der Waals surface area contributed by atoms with E-state index in [2.05, 4.69) is 46.8 Å². The van der Waals surface area contributed by atoms with Crippen LogP contribution in [0.5, 0.6) is 0 Å². The SMILES string of the molecule is C[C@@H]1CCC[N+]1(C(=O)O)S(=O)(=O)CC12CCC(C3CC(OC(c4ccccc4)C(C)(C)C)OC31)C2(C)C. The first-order valence-corrected chi connectivity index (χ1v) is 15.5. The van der Waals surface area contributed by atoms with E-state index in [0.717, 1.165) is 24.8 Å². The van der Waals surface area contributed by atoms with E-state index in [9.17, 15) is 18.3 Å². The Labute approximate surface area is 222 Å². The fourth-order valence-corrected chi connectivity index (χ4v) is 11.5. The summed E-state index contributed by atoms with van der Waals surface area (Å²) in [5, 5.41) is 10.2. The van der Waals surface area contributed by atoms with Crippen LogP contribution in [0.4, 0.5) is 4.79 Å². The van der Waals surface area contributed by atoms with Gasteiger partial charge in [0.25, 0.3) is 0 Å². The van der Waals surface area contributed by atoms with Gasteiger partial charge < -0.3 is 14.6 Å². The summed E-state index contributed by atoms with van der Waals surface area (Å²) >= 11 is 0. The Hall–Kier alpha value is -1.48. The van der Waals surface area contributed by atoms with Crippen molar-refractivity contribution in [1.82, 2.24) is 0 Å². The van der Waals surface area contributed by atoms with E-state index in [0.29, 0.717) is 18.8 Å². The van der Waals surface area contributed by atoms with Crippen LogP contribution in [0.15, 0.2) is 30.3 Å². The van der Waals surface area contributed by atoms with Crippen LogP contribution >= 0.6 is 0 Å². The van der Waals surface area contributed by atoms with E-state index >= 15 is 0 Å². The number of quaternary nitrogens is 1. The van der Waals surface area contributed by atoms with Crippen LogP contribution in [0.25, 0.3) is 0 Å². The summed E-state index contributed by atoms with van der Waals surface area (Å²) in [5.41, 5.74) is 0.0826. The molecule has 5 rings (SSSR count). The third kappa shape index (κ3) is 3.84. The Kier molecular flexibility index (Phi) is 6.42. The lowest BCUT2D eigenvalue weighted by atomic mass is 9.69. The van der Waals surface area contributed by atoms with Gasteiger partial charge in [-0.3, -0.25) is 0 Å². The summed E-state index contributed by atoms with van der Waals surface area (Å²) in [6.45, 7) is 12.7. The van der Waals surface area contributed by atoms with Crippen molar-refractivity contribution < 1.29 is 31.7 Å². The molecule has 0 aromatic heterocycles. The Morgan fingerprint density at radius 3 is 2.46 bits per heavy atom. The molecule has 4 fully saturated rings. The van der Waals surface area contributed by atoms with E-state index in [-0.39, 0.29) is 41.3 Å². The number of fused-ring (bicyclic) bond motifs is 5. The van der Waals surface area contributed by atoms with E-state index < -0.39 is 37.8 Å². The Morgan fingerprint density at radius 2 is 1.89 bits per heavy atom. The third-order valence-electron chi connectivity index (χ3n) is 10.6. The monoisotopic (exact) mass is 534 g/mol. The van der Waals surface area contributed by atoms with Gasteiger partial charge in [0.05, 0.1) is 12.2 Å². The molecular formula is C29H44NO6S+. The van der Waals surface area contributed by atoms with E-state index in [4.69, 9.17) is 9.47 Å². The first-order valence-electron chi connectivity index (χ1n) is 13.9. The van der Waals surface area contributed by atoms with Crippen LogP contribution in [0.2, 0.25) is 0 Å². The van der Waals surface area contributed by atoms with Crippen molar-refractivity contribution in [2.24, 2.45) is 28.1 Å². The summed E-state index contributed by atoms with van der Waals surface area (Å²) in [4.78, 5) is 12.5. The minimum absolute atomic E-state index is 0.143. The number of ether oxygens (including phenoxy) is 2. The second kappa shape index (κ2) is 8.77. The number of amides is 1. The van der Waals surface area contributed by atoms with Gasteiger partial charge in [0.15, 0.2) is 6.29 Å². The molecule has 37 heavy (non-hydrogen) atoms. The molecule has 7 nitrogen and oxygen atoms in total. The maximum atomic E-state index is 14.1. The maximum absolute atomic E-state index is 14.1. The number of carbonyl (C=O) groups is 1. The molecule has 1 aromatic carbocycles. The highest BCUT2D eigenvalue weighted by Gasteiger charge is 2.74. The number of carboxylic acid groups (broad SMARTS) is 1. The first-order chi connectivity index (χ1) is 17.2. The number of hydrogen-bond donors (Lipinski definition) is 1. The zero-order valence-electron chi connectivity index (χ0n) is 23.1. The lowest BCUT2D eigenvalue weighted by Crippen LogP contribution is -2.62. The smallest absolute Gasteiger partial charge is 0.435 e. The molecule has 4 aliphatic rings. The zero-order valence-corrected chi connectivity index (χ0v) is 24.0. The molecule has 1 amide bonds. The summed E-state index contributed by atoms with van der Waals surface area (Å²) in [6, 6.07) is 9.75. The summed E-state index contributed by atoms with van der Waals surface area (Å²) in [6.07, 6.45) is 1.60. The quantitative estimate of drug-likeness (QED) is 0.453. The molecule has 7 unspecified atom stereocenters. The predicted octanol–water partition coefficient (Wildman–Crippen LogP) is 5.96. The Morgan fingerprint density at radius 1 is 1.22 bits per heavy atom. The molecule has 2 aliphatic carbocycles. The standard InChI is InChI=1S/C29H43NO6S/c1-19-11-10-16-30(19,26(31)32)37(33,34)18-29-15-14-22(28(29,5)6)21-17-23(36-25(21)29)35-24(27(2,3)4)20-12-8-7-9-13-20/h7-9,12-13,19,21-25H,10-11,14-18H2,1-6H3/p+1/t19-,21?,22?,23?,24?,25?,29?,30?/m1/s1. The van der Waals surface area contributed by atoms with Gasteiger partial charge in [-0.1, -0.05) is 65.0 Å². The second-order valence-electron chi connectivity index (χ2n) is 13.7. The molecule has 2 saturated carbocycles. The average Bonchev–Trinajstić information content (AvgIpc) is 3.50. The highest BCUT2D eigenvalue weighted by Crippen LogP contribution is 2.72. The second-order valence-corrected chi connectivity index (χ2v) is 15.8. The number of benzene rings is 1. The highest BCUT2D eigenvalue weighted by molar-refractivity contribution is 7.86. The molecule has 2 aliphatic heterocycles. The van der Waals surface area contributed by atoms with Crippen LogP contribution in [-0.4, -0.2) is 54.2 Å². The molecule has 2 saturated heterocycles. The lowest BCUT2D eigenvalue weighted by molar-refractivity contribution is -0.741. The van der Waals surface area contributed by atoms with Gasteiger partial charge in [0, 0.05) is 24.7 Å². The van der Waals surface area contributed by atoms with E-state index in [1.165, 1.54) is 0 Å². The molecule has 0 radical (unpaired) electrons. The van der Waals surface area contributed by atoms with E-state index in [1.807, 2.05) is 18.2 Å².